The molecule has 1 aliphatic rings. The van der Waals surface area contributed by atoms with Crippen LogP contribution >= 0.6 is 0 Å². The molecule has 0 atom stereocenters. The number of carbonyl (C=O) groups is 2. The Hall–Kier alpha value is -4.06. The highest BCUT2D eigenvalue weighted by molar-refractivity contribution is 6.47. The van der Waals surface area contributed by atoms with Crippen molar-refractivity contribution >= 4 is 28.8 Å². The number of methoxy groups -OCH3 is 1. The SMILES string of the molecule is CCCOc1ccccc1N1C(=O)C(c2ccccc2OC)=C(N(CC)c2ccccc2)C1=O. The molecule has 0 fully saturated rings. The molecule has 0 aliphatic carbocycles. The lowest BCUT2D eigenvalue weighted by Gasteiger charge is -2.25. The van der Waals surface area contributed by atoms with Crippen molar-refractivity contribution in [1.82, 2.24) is 0 Å². The first-order valence-electron chi connectivity index (χ1n) is 11.4. The average Bonchev–Trinajstić information content (AvgIpc) is 3.13. The number of nitrogens with zero attached hydrogens (tertiary/aromatic N) is 2. The van der Waals surface area contributed by atoms with E-state index in [2.05, 4.69) is 0 Å². The van der Waals surface area contributed by atoms with E-state index in [9.17, 15) is 9.59 Å². The van der Waals surface area contributed by atoms with E-state index < -0.39 is 11.8 Å². The molecule has 0 saturated carbocycles. The number of ether oxygens (including phenoxy) is 2. The highest BCUT2D eigenvalue weighted by Gasteiger charge is 2.44. The summed E-state index contributed by atoms with van der Waals surface area (Å²) in [7, 11) is 1.56. The molecule has 2 amide bonds. The highest BCUT2D eigenvalue weighted by atomic mass is 16.5. The molecule has 0 N–H and O–H groups in total. The number of imide groups is 1. The minimum absolute atomic E-state index is 0.304. The Morgan fingerprint density at radius 2 is 1.44 bits per heavy atom. The number of hydrogen-bond donors (Lipinski definition) is 0. The van der Waals surface area contributed by atoms with Gasteiger partial charge in [0.15, 0.2) is 0 Å². The van der Waals surface area contributed by atoms with Gasteiger partial charge in [-0.1, -0.05) is 55.5 Å². The zero-order valence-corrected chi connectivity index (χ0v) is 19.7. The number of para-hydroxylation sites is 4. The predicted octanol–water partition coefficient (Wildman–Crippen LogP) is 5.30. The van der Waals surface area contributed by atoms with Gasteiger partial charge in [0.05, 0.1) is 25.0 Å². The third-order valence-electron chi connectivity index (χ3n) is 5.66. The van der Waals surface area contributed by atoms with E-state index in [0.29, 0.717) is 47.2 Å². The summed E-state index contributed by atoms with van der Waals surface area (Å²) in [6.07, 6.45) is 0.809. The number of rotatable bonds is 9. The quantitative estimate of drug-likeness (QED) is 0.409. The van der Waals surface area contributed by atoms with Crippen LogP contribution < -0.4 is 19.3 Å². The Morgan fingerprint density at radius 1 is 0.794 bits per heavy atom. The second-order valence-electron chi connectivity index (χ2n) is 7.77. The first-order chi connectivity index (χ1) is 16.6. The van der Waals surface area contributed by atoms with Crippen LogP contribution in [0.1, 0.15) is 25.8 Å². The maximum absolute atomic E-state index is 14.0. The fourth-order valence-electron chi connectivity index (χ4n) is 4.13. The van der Waals surface area contributed by atoms with Crippen molar-refractivity contribution in [3.63, 3.8) is 0 Å². The Kier molecular flexibility index (Phi) is 6.97. The molecule has 3 aromatic carbocycles. The van der Waals surface area contributed by atoms with Crippen LogP contribution in [0.5, 0.6) is 11.5 Å². The van der Waals surface area contributed by atoms with Gasteiger partial charge in [0.1, 0.15) is 17.2 Å². The standard InChI is InChI=1S/C28H28N2O4/c1-4-19-34-24-18-12-10-16-22(24)30-27(31)25(21-15-9-11-17-23(21)33-3)26(28(30)32)29(5-2)20-13-7-6-8-14-20/h6-18H,4-5,19H2,1-3H3. The van der Waals surface area contributed by atoms with Crippen molar-refractivity contribution in [2.45, 2.75) is 20.3 Å². The van der Waals surface area contributed by atoms with Crippen molar-refractivity contribution < 1.29 is 19.1 Å². The summed E-state index contributed by atoms with van der Waals surface area (Å²) < 4.78 is 11.5. The van der Waals surface area contributed by atoms with Gasteiger partial charge < -0.3 is 14.4 Å². The first kappa shape index (κ1) is 23.1. The van der Waals surface area contributed by atoms with E-state index in [0.717, 1.165) is 12.1 Å². The number of amides is 2. The Balaban J connectivity index is 1.92. The molecule has 1 aliphatic heterocycles. The number of benzene rings is 3. The van der Waals surface area contributed by atoms with E-state index in [-0.39, 0.29) is 0 Å². The van der Waals surface area contributed by atoms with Gasteiger partial charge in [-0.05, 0) is 43.7 Å². The van der Waals surface area contributed by atoms with Crippen LogP contribution in [0, 0.1) is 0 Å². The molecule has 174 valence electrons. The molecule has 0 unspecified atom stereocenters. The molecule has 0 saturated heterocycles. The summed E-state index contributed by atoms with van der Waals surface area (Å²) in [6.45, 7) is 4.95. The molecule has 0 aromatic heterocycles. The van der Waals surface area contributed by atoms with Crippen LogP contribution in [-0.4, -0.2) is 32.1 Å². The van der Waals surface area contributed by atoms with Gasteiger partial charge in [0.25, 0.3) is 11.8 Å². The molecular weight excluding hydrogens is 428 g/mol. The van der Waals surface area contributed by atoms with E-state index in [1.54, 1.807) is 37.4 Å². The summed E-state index contributed by atoms with van der Waals surface area (Å²) in [6, 6.07) is 24.0. The van der Waals surface area contributed by atoms with Crippen LogP contribution in [0.3, 0.4) is 0 Å². The minimum atomic E-state index is -0.411. The lowest BCUT2D eigenvalue weighted by Crippen LogP contribution is -2.35. The lowest BCUT2D eigenvalue weighted by atomic mass is 10.0. The van der Waals surface area contributed by atoms with Gasteiger partial charge in [-0.2, -0.15) is 0 Å². The smallest absolute Gasteiger partial charge is 0.282 e. The van der Waals surface area contributed by atoms with Crippen LogP contribution in [-0.2, 0) is 9.59 Å². The third kappa shape index (κ3) is 4.15. The van der Waals surface area contributed by atoms with Gasteiger partial charge in [-0.3, -0.25) is 9.59 Å². The molecule has 34 heavy (non-hydrogen) atoms. The molecule has 0 radical (unpaired) electrons. The second kappa shape index (κ2) is 10.3. The first-order valence-corrected chi connectivity index (χ1v) is 11.4. The summed E-state index contributed by atoms with van der Waals surface area (Å²) in [5.74, 6) is 0.211. The Labute approximate surface area is 200 Å². The van der Waals surface area contributed by atoms with Gasteiger partial charge in [-0.25, -0.2) is 4.90 Å². The molecule has 0 bridgehead atoms. The zero-order valence-electron chi connectivity index (χ0n) is 19.7. The van der Waals surface area contributed by atoms with Crippen LogP contribution in [0.2, 0.25) is 0 Å². The number of anilines is 2. The summed E-state index contributed by atoms with van der Waals surface area (Å²) in [5.41, 5.74) is 2.44. The van der Waals surface area contributed by atoms with Crippen molar-refractivity contribution in [2.75, 3.05) is 30.1 Å². The maximum atomic E-state index is 14.0. The second-order valence-corrected chi connectivity index (χ2v) is 7.77. The highest BCUT2D eigenvalue weighted by Crippen LogP contribution is 2.41. The van der Waals surface area contributed by atoms with Gasteiger partial charge in [0, 0.05) is 17.8 Å². The third-order valence-corrected chi connectivity index (χ3v) is 5.66. The van der Waals surface area contributed by atoms with E-state index >= 15 is 0 Å². The summed E-state index contributed by atoms with van der Waals surface area (Å²) in [4.78, 5) is 31.1. The predicted molar refractivity (Wildman–Crippen MR) is 134 cm³/mol. The van der Waals surface area contributed by atoms with Crippen molar-refractivity contribution in [3.05, 3.63) is 90.1 Å². The topological polar surface area (TPSA) is 59.1 Å². The number of hydrogen-bond acceptors (Lipinski definition) is 5. The Morgan fingerprint density at radius 3 is 2.12 bits per heavy atom. The van der Waals surface area contributed by atoms with Gasteiger partial charge in [-0.15, -0.1) is 0 Å². The molecular formula is C28H28N2O4. The van der Waals surface area contributed by atoms with Crippen molar-refractivity contribution in [2.24, 2.45) is 0 Å². The number of likely N-dealkylation sites (N-methyl/N-ethyl adjacent to an activating group) is 1. The van der Waals surface area contributed by atoms with Gasteiger partial charge in [0.2, 0.25) is 0 Å². The molecule has 3 aromatic rings. The summed E-state index contributed by atoms with van der Waals surface area (Å²) in [5, 5.41) is 0. The van der Waals surface area contributed by atoms with Crippen molar-refractivity contribution in [3.8, 4) is 11.5 Å². The van der Waals surface area contributed by atoms with Crippen LogP contribution in [0.15, 0.2) is 84.6 Å². The number of carbonyl (C=O) groups excluding carboxylic acids is 2. The van der Waals surface area contributed by atoms with Crippen LogP contribution in [0.25, 0.3) is 5.57 Å². The minimum Gasteiger partial charge on any atom is -0.496 e. The largest absolute Gasteiger partial charge is 0.496 e. The molecule has 4 rings (SSSR count). The molecule has 0 spiro atoms. The lowest BCUT2D eigenvalue weighted by molar-refractivity contribution is -0.120. The van der Waals surface area contributed by atoms with Crippen molar-refractivity contribution in [1.29, 1.82) is 0 Å². The van der Waals surface area contributed by atoms with E-state index in [1.165, 1.54) is 4.90 Å². The van der Waals surface area contributed by atoms with E-state index in [1.807, 2.05) is 67.3 Å². The average molecular weight is 457 g/mol. The fourth-order valence-corrected chi connectivity index (χ4v) is 4.13. The molecule has 6 nitrogen and oxygen atoms in total. The monoisotopic (exact) mass is 456 g/mol. The normalized spacial score (nSPS) is 13.4. The molecule has 1 heterocycles. The fraction of sp³-hybridized carbons (Fsp3) is 0.214. The zero-order chi connectivity index (χ0) is 24.1. The van der Waals surface area contributed by atoms with Crippen LogP contribution in [0.4, 0.5) is 11.4 Å². The summed E-state index contributed by atoms with van der Waals surface area (Å²) >= 11 is 0. The van der Waals surface area contributed by atoms with E-state index in [4.69, 9.17) is 9.47 Å². The molecule has 6 heteroatoms. The van der Waals surface area contributed by atoms with Gasteiger partial charge >= 0.3 is 0 Å². The Bertz CT molecular complexity index is 1220. The maximum Gasteiger partial charge on any atom is 0.282 e.